The number of nitrogens with zero attached hydrogens (tertiary/aromatic N) is 5. The van der Waals surface area contributed by atoms with E-state index >= 15 is 0 Å². The van der Waals surface area contributed by atoms with Gasteiger partial charge in [-0.15, -0.1) is 0 Å². The number of carbonyl (C=O) groups excluding carboxylic acids is 2. The lowest BCUT2D eigenvalue weighted by atomic mass is 9.89. The molecule has 0 spiro atoms. The summed E-state index contributed by atoms with van der Waals surface area (Å²) in [6, 6.07) is 15.0. The first kappa shape index (κ1) is 43.3. The molecule has 0 bridgehead atoms. The summed E-state index contributed by atoms with van der Waals surface area (Å²) in [6.07, 6.45) is 5.45. The second-order valence-corrected chi connectivity index (χ2v) is 12.9. The molecule has 16 heteroatoms. The van der Waals surface area contributed by atoms with Gasteiger partial charge in [-0.1, -0.05) is 29.4 Å². The van der Waals surface area contributed by atoms with Gasteiger partial charge in [0.05, 0.1) is 65.8 Å². The molecule has 2 heterocycles. The molecule has 0 saturated carbocycles. The molecule has 0 unspecified atom stereocenters. The number of Topliss-reactive ketones (excluding diaryl/α,β-unsaturated/α-hetero) is 1. The smallest absolute Gasteiger partial charge is 0.303 e. The first-order valence-corrected chi connectivity index (χ1v) is 18.7. The Morgan fingerprint density at radius 1 is 0.875 bits per heavy atom. The van der Waals surface area contributed by atoms with E-state index in [-0.39, 0.29) is 31.1 Å². The van der Waals surface area contributed by atoms with Crippen molar-refractivity contribution in [2.24, 2.45) is 5.11 Å². The number of aromatic nitrogens is 2. The van der Waals surface area contributed by atoms with Gasteiger partial charge in [-0.25, -0.2) is 4.98 Å². The number of oxazole rings is 1. The fourth-order valence-electron chi connectivity index (χ4n) is 5.81. The molecule has 0 saturated heterocycles. The normalized spacial score (nSPS) is 11.6. The number of aryl methyl sites for hydroxylation is 2. The van der Waals surface area contributed by atoms with Gasteiger partial charge in [-0.05, 0) is 72.7 Å². The Balaban J connectivity index is 1.17. The van der Waals surface area contributed by atoms with Crippen LogP contribution in [0.2, 0.25) is 0 Å². The minimum atomic E-state index is -1.02. The minimum absolute atomic E-state index is 0.0187. The summed E-state index contributed by atoms with van der Waals surface area (Å²) in [5, 5.41) is 15.7. The van der Waals surface area contributed by atoms with Crippen LogP contribution in [0.5, 0.6) is 5.75 Å². The van der Waals surface area contributed by atoms with Crippen molar-refractivity contribution < 1.29 is 47.6 Å². The van der Waals surface area contributed by atoms with E-state index in [0.29, 0.717) is 101 Å². The monoisotopic (exact) mass is 774 g/mol. The van der Waals surface area contributed by atoms with Gasteiger partial charge in [0.15, 0.2) is 23.3 Å². The van der Waals surface area contributed by atoms with Crippen LogP contribution in [-0.4, -0.2) is 105 Å². The summed E-state index contributed by atoms with van der Waals surface area (Å²) in [5.74, 6) is -1.48. The van der Waals surface area contributed by atoms with Gasteiger partial charge in [0.25, 0.3) is 0 Å². The number of rotatable bonds is 29. The molecule has 56 heavy (non-hydrogen) atoms. The van der Waals surface area contributed by atoms with Crippen LogP contribution < -0.4 is 10.1 Å². The molecule has 0 aliphatic heterocycles. The van der Waals surface area contributed by atoms with Crippen LogP contribution in [-0.2, 0) is 39.8 Å². The van der Waals surface area contributed by atoms with Gasteiger partial charge >= 0.3 is 5.97 Å². The highest BCUT2D eigenvalue weighted by Gasteiger charge is 2.21. The van der Waals surface area contributed by atoms with Crippen molar-refractivity contribution in [3.05, 3.63) is 88.4 Å². The molecule has 0 fully saturated rings. The van der Waals surface area contributed by atoms with E-state index in [1.54, 1.807) is 6.20 Å². The van der Waals surface area contributed by atoms with E-state index in [9.17, 15) is 19.5 Å². The molecule has 2 aromatic carbocycles. The van der Waals surface area contributed by atoms with Crippen molar-refractivity contribution in [1.82, 2.24) is 15.3 Å². The highest BCUT2D eigenvalue weighted by atomic mass is 16.6. The Bertz CT molecular complexity index is 1860. The van der Waals surface area contributed by atoms with E-state index < -0.39 is 11.9 Å². The molecule has 0 aliphatic rings. The number of hydrogen-bond acceptors (Lipinski definition) is 12. The second-order valence-electron chi connectivity index (χ2n) is 12.9. The predicted octanol–water partition coefficient (Wildman–Crippen LogP) is 6.00. The highest BCUT2D eigenvalue weighted by molar-refractivity contribution is 5.93. The van der Waals surface area contributed by atoms with Gasteiger partial charge in [-0.2, -0.15) is 0 Å². The highest BCUT2D eigenvalue weighted by Crippen LogP contribution is 2.35. The number of unbranched alkanes of at least 4 members (excludes halogenated alkanes) is 1. The van der Waals surface area contributed by atoms with Crippen LogP contribution in [0.1, 0.15) is 54.8 Å². The Kier molecular flexibility index (Phi) is 19.3. The number of aliphatic carboxylic acids is 1. The third kappa shape index (κ3) is 15.8. The quantitative estimate of drug-likeness (QED) is 0.0281. The van der Waals surface area contributed by atoms with Crippen LogP contribution >= 0.6 is 0 Å². The molecule has 0 radical (unpaired) electrons. The molecule has 2 N–H and O–H groups in total. The minimum Gasteiger partial charge on any atom is -0.489 e. The van der Waals surface area contributed by atoms with Crippen molar-refractivity contribution in [3.63, 3.8) is 0 Å². The lowest BCUT2D eigenvalue weighted by molar-refractivity contribution is -0.137. The molecule has 16 nitrogen and oxygen atoms in total. The van der Waals surface area contributed by atoms with Crippen molar-refractivity contribution in [3.8, 4) is 16.9 Å². The lowest BCUT2D eigenvalue weighted by Crippen LogP contribution is -2.30. The van der Waals surface area contributed by atoms with Gasteiger partial charge in [-0.3, -0.25) is 19.4 Å². The number of fused-ring (bicyclic) bond motifs is 1. The predicted molar refractivity (Wildman–Crippen MR) is 206 cm³/mol. The number of amides is 1. The number of pyridine rings is 1. The van der Waals surface area contributed by atoms with E-state index in [1.165, 1.54) is 6.39 Å². The van der Waals surface area contributed by atoms with Crippen molar-refractivity contribution >= 4 is 28.8 Å². The van der Waals surface area contributed by atoms with Gasteiger partial charge < -0.3 is 38.5 Å². The molecular formula is C40H50N6O10. The van der Waals surface area contributed by atoms with Gasteiger partial charge in [0.2, 0.25) is 5.91 Å². The summed E-state index contributed by atoms with van der Waals surface area (Å²) in [6.45, 7) is 5.67. The Hall–Kier alpha value is -5.38. The SMILES string of the molecule is Cc1ccnc(CCCCC(=O)NCC(=O)C[C@@H](CC(=O)O)c2ccc(-c3ccc(OCCOCCOCCOCCOCCN=[N+]=[N-])c4ncoc34)cc2)c1. The van der Waals surface area contributed by atoms with Crippen molar-refractivity contribution in [2.75, 3.05) is 72.6 Å². The first-order valence-electron chi connectivity index (χ1n) is 18.7. The molecule has 2 aromatic heterocycles. The number of nitrogens with one attached hydrogen (secondary N) is 1. The maximum Gasteiger partial charge on any atom is 0.303 e. The Morgan fingerprint density at radius 2 is 1.57 bits per heavy atom. The van der Waals surface area contributed by atoms with Crippen LogP contribution in [0, 0.1) is 6.92 Å². The Labute approximate surface area is 325 Å². The van der Waals surface area contributed by atoms with E-state index in [0.717, 1.165) is 35.2 Å². The maximum atomic E-state index is 12.9. The van der Waals surface area contributed by atoms with Crippen LogP contribution in [0.15, 0.2) is 70.7 Å². The second kappa shape index (κ2) is 24.9. The number of ether oxygens (including phenoxy) is 5. The number of ketones is 1. The van der Waals surface area contributed by atoms with Crippen LogP contribution in [0.3, 0.4) is 0 Å². The summed E-state index contributed by atoms with van der Waals surface area (Å²) in [4.78, 5) is 48.3. The zero-order valence-electron chi connectivity index (χ0n) is 31.7. The summed E-state index contributed by atoms with van der Waals surface area (Å²) in [5.41, 5.74) is 13.7. The lowest BCUT2D eigenvalue weighted by Gasteiger charge is -2.16. The van der Waals surface area contributed by atoms with Crippen molar-refractivity contribution in [2.45, 2.75) is 51.4 Å². The van der Waals surface area contributed by atoms with E-state index in [1.807, 2.05) is 55.5 Å². The zero-order chi connectivity index (χ0) is 39.8. The summed E-state index contributed by atoms with van der Waals surface area (Å²) >= 11 is 0. The third-order valence-electron chi connectivity index (χ3n) is 8.58. The fraction of sp³-hybridized carbons (Fsp3) is 0.475. The van der Waals surface area contributed by atoms with Gasteiger partial charge in [0.1, 0.15) is 12.4 Å². The molecule has 300 valence electrons. The number of hydrogen-bond donors (Lipinski definition) is 2. The van der Waals surface area contributed by atoms with Crippen LogP contribution in [0.25, 0.3) is 32.7 Å². The van der Waals surface area contributed by atoms with E-state index in [2.05, 4.69) is 25.3 Å². The van der Waals surface area contributed by atoms with Crippen molar-refractivity contribution in [1.29, 1.82) is 0 Å². The molecule has 4 rings (SSSR count). The number of azide groups is 1. The number of benzene rings is 2. The standard InChI is InChI=1S/C40H50N6O10/c1-29-12-13-42-33(24-29)4-2-3-5-37(48)43-27-34(47)25-32(26-38(49)50)30-6-8-31(9-7-30)35-10-11-36(39-40(35)56-28-44-39)55-23-22-54-21-20-53-19-18-52-17-16-51-15-14-45-46-41/h6-13,24,28,32H,2-5,14-23,25-27H2,1H3,(H,43,48)(H,49,50)/t32-/m0/s1. The maximum absolute atomic E-state index is 12.9. The zero-order valence-corrected chi connectivity index (χ0v) is 31.7. The number of carboxylic acids is 1. The average molecular weight is 775 g/mol. The fourth-order valence-corrected chi connectivity index (χ4v) is 5.81. The van der Waals surface area contributed by atoms with E-state index in [4.69, 9.17) is 33.6 Å². The number of carboxylic acid groups (broad SMARTS) is 1. The molecule has 1 atom stereocenters. The Morgan fingerprint density at radius 3 is 2.25 bits per heavy atom. The molecule has 4 aromatic rings. The number of carbonyl (C=O) groups is 3. The third-order valence-corrected chi connectivity index (χ3v) is 8.58. The van der Waals surface area contributed by atoms with Gasteiger partial charge in [0, 0.05) is 47.7 Å². The molecule has 0 aliphatic carbocycles. The topological polar surface area (TPSA) is 217 Å². The van der Waals surface area contributed by atoms with Crippen LogP contribution in [0.4, 0.5) is 0 Å². The average Bonchev–Trinajstić information content (AvgIpc) is 3.69. The summed E-state index contributed by atoms with van der Waals surface area (Å²) < 4.78 is 33.4. The first-order chi connectivity index (χ1) is 27.3. The molecular weight excluding hydrogens is 724 g/mol. The summed E-state index contributed by atoms with van der Waals surface area (Å²) in [7, 11) is 0. The largest absolute Gasteiger partial charge is 0.489 e. The molecule has 1 amide bonds.